The Balaban J connectivity index is 1.68. The summed E-state index contributed by atoms with van der Waals surface area (Å²) in [5, 5.41) is 0.421. The van der Waals surface area contributed by atoms with Gasteiger partial charge in [-0.2, -0.15) is 0 Å². The number of anilines is 1. The van der Waals surface area contributed by atoms with Crippen LogP contribution in [0.5, 0.6) is 0 Å². The molecule has 4 rings (SSSR count). The predicted molar refractivity (Wildman–Crippen MR) is 131 cm³/mol. The molecule has 2 aromatic carbocycles. The van der Waals surface area contributed by atoms with Gasteiger partial charge in [-0.3, -0.25) is 9.69 Å². The smallest absolute Gasteiger partial charge is 0.358 e. The molecule has 0 N–H and O–H groups in total. The van der Waals surface area contributed by atoms with Crippen LogP contribution >= 0.6 is 11.3 Å². The van der Waals surface area contributed by atoms with Crippen molar-refractivity contribution in [3.8, 4) is 11.5 Å². The molecule has 7 nitrogen and oxygen atoms in total. The van der Waals surface area contributed by atoms with Crippen molar-refractivity contribution >= 4 is 28.3 Å². The topological polar surface area (TPSA) is 85.5 Å². The average Bonchev–Trinajstić information content (AvgIpc) is 3.43. The van der Waals surface area contributed by atoms with Crippen molar-refractivity contribution in [1.82, 2.24) is 9.97 Å². The van der Waals surface area contributed by atoms with E-state index in [2.05, 4.69) is 9.97 Å². The van der Waals surface area contributed by atoms with Crippen molar-refractivity contribution in [3.05, 3.63) is 88.3 Å². The minimum Gasteiger partial charge on any atom is -0.461 e. The highest BCUT2D eigenvalue weighted by Gasteiger charge is 2.28. The highest BCUT2D eigenvalue weighted by atomic mass is 32.1. The summed E-state index contributed by atoms with van der Waals surface area (Å²) in [4.78, 5) is 37.3. The van der Waals surface area contributed by atoms with Gasteiger partial charge in [0.1, 0.15) is 5.76 Å². The summed E-state index contributed by atoms with van der Waals surface area (Å²) in [7, 11) is 0. The Morgan fingerprint density at radius 2 is 1.65 bits per heavy atom. The minimum atomic E-state index is -0.498. The quantitative estimate of drug-likeness (QED) is 0.314. The molecule has 0 aliphatic carbocycles. The zero-order chi connectivity index (χ0) is 24.1. The Bertz CT molecular complexity index is 1280. The summed E-state index contributed by atoms with van der Waals surface area (Å²) in [6.07, 6.45) is 0.613. The summed E-state index contributed by atoms with van der Waals surface area (Å²) in [6.45, 7) is 5.88. The molecule has 4 aromatic rings. The molecule has 0 saturated heterocycles. The third-order valence-electron chi connectivity index (χ3n) is 5.22. The maximum Gasteiger partial charge on any atom is 0.358 e. The number of hydrogen-bond acceptors (Lipinski definition) is 7. The number of carbonyl (C=O) groups excluding carboxylic acids is 2. The van der Waals surface area contributed by atoms with Crippen molar-refractivity contribution < 1.29 is 18.7 Å². The average molecular weight is 476 g/mol. The van der Waals surface area contributed by atoms with Gasteiger partial charge < -0.3 is 9.15 Å². The lowest BCUT2D eigenvalue weighted by atomic mass is 10.1. The van der Waals surface area contributed by atoms with Gasteiger partial charge in [0.15, 0.2) is 16.5 Å². The highest BCUT2D eigenvalue weighted by Crippen LogP contribution is 2.29. The van der Waals surface area contributed by atoms with E-state index >= 15 is 0 Å². The first-order valence-electron chi connectivity index (χ1n) is 11.0. The second-order valence-corrected chi connectivity index (χ2v) is 8.79. The number of benzene rings is 2. The van der Waals surface area contributed by atoms with Gasteiger partial charge in [-0.25, -0.2) is 14.8 Å². The molecule has 0 atom stereocenters. The van der Waals surface area contributed by atoms with E-state index in [-0.39, 0.29) is 23.9 Å². The molecular weight excluding hydrogens is 450 g/mol. The molecule has 0 aliphatic rings. The molecule has 2 aromatic heterocycles. The number of hydrogen-bond donors (Lipinski definition) is 0. The molecule has 0 spiro atoms. The van der Waals surface area contributed by atoms with Crippen molar-refractivity contribution in [2.45, 2.75) is 27.2 Å². The third-order valence-corrected chi connectivity index (χ3v) is 6.21. The van der Waals surface area contributed by atoms with E-state index in [0.29, 0.717) is 34.6 Å². The standard InChI is InChI=1S/C26H25N3O4S/c1-4-32-25(31)22-18(3)34-26(28-22)29(16-15-19-11-7-5-8-12-19)24(30)21-17(2)33-23(27-21)20-13-9-6-10-14-20/h5-14H,4,15-16H2,1-3H3. The van der Waals surface area contributed by atoms with E-state index in [1.54, 1.807) is 25.7 Å². The van der Waals surface area contributed by atoms with E-state index in [9.17, 15) is 9.59 Å². The number of oxazole rings is 1. The number of thiazole rings is 1. The maximum absolute atomic E-state index is 13.7. The molecule has 0 saturated carbocycles. The summed E-state index contributed by atoms with van der Waals surface area (Å²) < 4.78 is 10.9. The van der Waals surface area contributed by atoms with Gasteiger partial charge in [0, 0.05) is 17.0 Å². The number of amides is 1. The van der Waals surface area contributed by atoms with Gasteiger partial charge in [0.2, 0.25) is 5.89 Å². The van der Waals surface area contributed by atoms with E-state index in [1.165, 1.54) is 11.3 Å². The van der Waals surface area contributed by atoms with Crippen molar-refractivity contribution in [1.29, 1.82) is 0 Å². The van der Waals surface area contributed by atoms with Crippen LogP contribution in [0.4, 0.5) is 5.13 Å². The van der Waals surface area contributed by atoms with Gasteiger partial charge in [-0.05, 0) is 44.9 Å². The first-order valence-corrected chi connectivity index (χ1v) is 11.8. The van der Waals surface area contributed by atoms with Crippen molar-refractivity contribution in [3.63, 3.8) is 0 Å². The molecule has 2 heterocycles. The zero-order valence-corrected chi connectivity index (χ0v) is 20.1. The second-order valence-electron chi connectivity index (χ2n) is 7.60. The number of aryl methyl sites for hydroxylation is 2. The fourth-order valence-corrected chi connectivity index (χ4v) is 4.40. The van der Waals surface area contributed by atoms with Crippen LogP contribution in [0.25, 0.3) is 11.5 Å². The van der Waals surface area contributed by atoms with Crippen LogP contribution < -0.4 is 4.90 Å². The van der Waals surface area contributed by atoms with Crippen molar-refractivity contribution in [2.75, 3.05) is 18.1 Å². The Labute approximate surface area is 202 Å². The Morgan fingerprint density at radius 1 is 0.971 bits per heavy atom. The third kappa shape index (κ3) is 5.07. The largest absolute Gasteiger partial charge is 0.461 e. The number of carbonyl (C=O) groups is 2. The maximum atomic E-state index is 13.7. The number of aromatic nitrogens is 2. The van der Waals surface area contributed by atoms with Gasteiger partial charge >= 0.3 is 5.97 Å². The van der Waals surface area contributed by atoms with Gasteiger partial charge in [-0.1, -0.05) is 48.5 Å². The highest BCUT2D eigenvalue weighted by molar-refractivity contribution is 7.16. The SMILES string of the molecule is CCOC(=O)c1nc(N(CCc2ccccc2)C(=O)c2nc(-c3ccccc3)oc2C)sc1C. The lowest BCUT2D eigenvalue weighted by Crippen LogP contribution is -2.33. The number of nitrogens with zero attached hydrogens (tertiary/aromatic N) is 3. The van der Waals surface area contributed by atoms with Crippen LogP contribution in [0, 0.1) is 13.8 Å². The molecule has 0 unspecified atom stereocenters. The monoisotopic (exact) mass is 475 g/mol. The molecule has 34 heavy (non-hydrogen) atoms. The molecule has 0 radical (unpaired) electrons. The van der Waals surface area contributed by atoms with Crippen LogP contribution in [-0.4, -0.2) is 35.0 Å². The van der Waals surface area contributed by atoms with E-state index in [4.69, 9.17) is 9.15 Å². The molecule has 0 fully saturated rings. The first kappa shape index (κ1) is 23.4. The summed E-state index contributed by atoms with van der Waals surface area (Å²) >= 11 is 1.28. The summed E-state index contributed by atoms with van der Waals surface area (Å²) in [5.74, 6) is -0.0232. The molecule has 8 heteroatoms. The van der Waals surface area contributed by atoms with Crippen LogP contribution in [0.1, 0.15) is 44.1 Å². The Morgan fingerprint density at radius 3 is 2.32 bits per heavy atom. The molecule has 1 amide bonds. The number of ether oxygens (including phenoxy) is 1. The Kier molecular flexibility index (Phi) is 7.18. The van der Waals surface area contributed by atoms with Crippen LogP contribution in [0.15, 0.2) is 65.1 Å². The number of esters is 1. The molecule has 0 aliphatic heterocycles. The molecule has 174 valence electrons. The first-order chi connectivity index (χ1) is 16.5. The van der Waals surface area contributed by atoms with Gasteiger partial charge in [0.25, 0.3) is 5.91 Å². The van der Waals surface area contributed by atoms with Crippen LogP contribution in [0.3, 0.4) is 0 Å². The zero-order valence-electron chi connectivity index (χ0n) is 19.3. The van der Waals surface area contributed by atoms with Crippen LogP contribution in [0.2, 0.25) is 0 Å². The number of rotatable bonds is 8. The normalized spacial score (nSPS) is 10.8. The lowest BCUT2D eigenvalue weighted by molar-refractivity contribution is 0.0519. The fourth-order valence-electron chi connectivity index (χ4n) is 3.48. The lowest BCUT2D eigenvalue weighted by Gasteiger charge is -2.19. The van der Waals surface area contributed by atoms with E-state index in [0.717, 1.165) is 11.1 Å². The summed E-state index contributed by atoms with van der Waals surface area (Å²) in [5.41, 5.74) is 2.31. The fraction of sp³-hybridized carbons (Fsp3) is 0.231. The van der Waals surface area contributed by atoms with Crippen molar-refractivity contribution in [2.24, 2.45) is 0 Å². The molecule has 0 bridgehead atoms. The van der Waals surface area contributed by atoms with Gasteiger partial charge in [0.05, 0.1) is 6.61 Å². The Hall–Kier alpha value is -3.78. The van der Waals surface area contributed by atoms with E-state index < -0.39 is 5.97 Å². The summed E-state index contributed by atoms with van der Waals surface area (Å²) in [6, 6.07) is 19.3. The minimum absolute atomic E-state index is 0.220. The van der Waals surface area contributed by atoms with Crippen LogP contribution in [-0.2, 0) is 11.2 Å². The van der Waals surface area contributed by atoms with E-state index in [1.807, 2.05) is 60.7 Å². The van der Waals surface area contributed by atoms with Gasteiger partial charge in [-0.15, -0.1) is 11.3 Å². The second kappa shape index (κ2) is 10.4. The molecular formula is C26H25N3O4S. The predicted octanol–water partition coefficient (Wildman–Crippen LogP) is 5.48.